The van der Waals surface area contributed by atoms with Gasteiger partial charge in [-0.1, -0.05) is 32.4 Å². The Morgan fingerprint density at radius 3 is 2.35 bits per heavy atom. The molecule has 4 heteroatoms. The largest absolute Gasteiger partial charge is 0.490 e. The van der Waals surface area contributed by atoms with Gasteiger partial charge in [0.15, 0.2) is 11.5 Å². The normalized spacial score (nSPS) is 16.6. The van der Waals surface area contributed by atoms with Crippen molar-refractivity contribution in [1.29, 1.82) is 0 Å². The van der Waals surface area contributed by atoms with E-state index in [0.717, 1.165) is 34.9 Å². The minimum absolute atomic E-state index is 0.208. The SMILES string of the molecule is CNC(CC(C)(C)C)c1cc2c(cc1Cl)OCCCO2. The van der Waals surface area contributed by atoms with Crippen LogP contribution < -0.4 is 14.8 Å². The summed E-state index contributed by atoms with van der Waals surface area (Å²) in [5, 5.41) is 4.09. The van der Waals surface area contributed by atoms with Crippen LogP contribution in [0.25, 0.3) is 0 Å². The third-order valence-corrected chi connectivity index (χ3v) is 3.73. The van der Waals surface area contributed by atoms with Crippen molar-refractivity contribution in [3.05, 3.63) is 22.7 Å². The average molecular weight is 298 g/mol. The van der Waals surface area contributed by atoms with E-state index in [4.69, 9.17) is 21.1 Å². The molecule has 0 amide bonds. The highest BCUT2D eigenvalue weighted by atomic mass is 35.5. The zero-order valence-electron chi connectivity index (χ0n) is 12.8. The highest BCUT2D eigenvalue weighted by molar-refractivity contribution is 6.31. The molecule has 1 aromatic carbocycles. The molecule has 2 rings (SSSR count). The first kappa shape index (κ1) is 15.5. The Kier molecular flexibility index (Phi) is 4.82. The van der Waals surface area contributed by atoms with Crippen LogP contribution in [0.5, 0.6) is 11.5 Å². The van der Waals surface area contributed by atoms with Crippen LogP contribution in [-0.2, 0) is 0 Å². The second kappa shape index (κ2) is 6.23. The number of hydrogen-bond donors (Lipinski definition) is 1. The minimum Gasteiger partial charge on any atom is -0.490 e. The van der Waals surface area contributed by atoms with Crippen LogP contribution in [0.1, 0.15) is 45.2 Å². The van der Waals surface area contributed by atoms with E-state index in [1.54, 1.807) is 0 Å². The lowest BCUT2D eigenvalue weighted by atomic mass is 9.85. The number of ether oxygens (including phenoxy) is 2. The maximum Gasteiger partial charge on any atom is 0.162 e. The first-order chi connectivity index (χ1) is 9.40. The summed E-state index contributed by atoms with van der Waals surface area (Å²) in [6.07, 6.45) is 1.90. The van der Waals surface area contributed by atoms with Gasteiger partial charge in [0, 0.05) is 23.6 Å². The van der Waals surface area contributed by atoms with Gasteiger partial charge in [0.1, 0.15) is 0 Å². The Balaban J connectivity index is 2.33. The van der Waals surface area contributed by atoms with Crippen molar-refractivity contribution >= 4 is 11.6 Å². The molecule has 3 nitrogen and oxygen atoms in total. The summed E-state index contributed by atoms with van der Waals surface area (Å²) < 4.78 is 11.4. The Bertz CT molecular complexity index is 468. The second-order valence-corrected chi connectivity index (χ2v) is 6.88. The Hall–Kier alpha value is -0.930. The van der Waals surface area contributed by atoms with E-state index in [9.17, 15) is 0 Å². The lowest BCUT2D eigenvalue weighted by Gasteiger charge is -2.27. The number of halogens is 1. The molecule has 1 atom stereocenters. The van der Waals surface area contributed by atoms with Crippen molar-refractivity contribution in [1.82, 2.24) is 5.32 Å². The molecule has 1 aromatic rings. The van der Waals surface area contributed by atoms with E-state index in [1.165, 1.54) is 0 Å². The maximum atomic E-state index is 6.44. The molecule has 1 unspecified atom stereocenters. The first-order valence-electron chi connectivity index (χ1n) is 7.17. The number of nitrogens with one attached hydrogen (secondary N) is 1. The fourth-order valence-electron chi connectivity index (χ4n) is 2.45. The van der Waals surface area contributed by atoms with E-state index < -0.39 is 0 Å². The third-order valence-electron chi connectivity index (χ3n) is 3.41. The van der Waals surface area contributed by atoms with E-state index in [2.05, 4.69) is 26.1 Å². The summed E-state index contributed by atoms with van der Waals surface area (Å²) in [6.45, 7) is 8.06. The first-order valence-corrected chi connectivity index (χ1v) is 7.55. The van der Waals surface area contributed by atoms with Crippen LogP contribution in [0, 0.1) is 5.41 Å². The van der Waals surface area contributed by atoms with Gasteiger partial charge in [0.05, 0.1) is 13.2 Å². The van der Waals surface area contributed by atoms with Gasteiger partial charge in [0.25, 0.3) is 0 Å². The topological polar surface area (TPSA) is 30.5 Å². The van der Waals surface area contributed by atoms with E-state index >= 15 is 0 Å². The van der Waals surface area contributed by atoms with Crippen molar-refractivity contribution < 1.29 is 9.47 Å². The molecule has 1 N–H and O–H groups in total. The number of hydrogen-bond acceptors (Lipinski definition) is 3. The van der Waals surface area contributed by atoms with Gasteiger partial charge in [-0.15, -0.1) is 0 Å². The smallest absolute Gasteiger partial charge is 0.162 e. The van der Waals surface area contributed by atoms with Crippen molar-refractivity contribution in [2.75, 3.05) is 20.3 Å². The highest BCUT2D eigenvalue weighted by Crippen LogP contribution is 2.40. The third kappa shape index (κ3) is 3.80. The molecule has 0 saturated carbocycles. The number of benzene rings is 1. The van der Waals surface area contributed by atoms with Crippen LogP contribution in [0.2, 0.25) is 5.02 Å². The molecule has 1 aliphatic rings. The van der Waals surface area contributed by atoms with Gasteiger partial charge < -0.3 is 14.8 Å². The Labute approximate surface area is 126 Å². The van der Waals surface area contributed by atoms with Gasteiger partial charge in [-0.3, -0.25) is 0 Å². The summed E-state index contributed by atoms with van der Waals surface area (Å²) in [7, 11) is 1.97. The summed E-state index contributed by atoms with van der Waals surface area (Å²) in [5.41, 5.74) is 1.30. The standard InChI is InChI=1S/C16H24ClNO2/c1-16(2,3)10-13(18-4)11-8-14-15(9-12(11)17)20-7-5-6-19-14/h8-9,13,18H,5-7,10H2,1-4H3. The summed E-state index contributed by atoms with van der Waals surface area (Å²) in [4.78, 5) is 0. The molecule has 1 heterocycles. The maximum absolute atomic E-state index is 6.44. The lowest BCUT2D eigenvalue weighted by molar-refractivity contribution is 0.296. The molecule has 1 aliphatic heterocycles. The van der Waals surface area contributed by atoms with E-state index in [1.807, 2.05) is 19.2 Å². The van der Waals surface area contributed by atoms with Crippen LogP contribution in [-0.4, -0.2) is 20.3 Å². The van der Waals surface area contributed by atoms with Crippen LogP contribution in [0.4, 0.5) is 0 Å². The average Bonchev–Trinajstić information content (AvgIpc) is 2.58. The number of rotatable bonds is 3. The summed E-state index contributed by atoms with van der Waals surface area (Å²) in [5.74, 6) is 1.55. The zero-order chi connectivity index (χ0) is 14.8. The summed E-state index contributed by atoms with van der Waals surface area (Å²) in [6, 6.07) is 4.11. The number of fused-ring (bicyclic) bond motifs is 1. The Morgan fingerprint density at radius 2 is 1.80 bits per heavy atom. The van der Waals surface area contributed by atoms with Gasteiger partial charge in [0.2, 0.25) is 0 Å². The quantitative estimate of drug-likeness (QED) is 0.907. The summed E-state index contributed by atoms with van der Waals surface area (Å²) >= 11 is 6.44. The minimum atomic E-state index is 0.208. The molecule has 0 radical (unpaired) electrons. The van der Waals surface area contributed by atoms with Crippen molar-refractivity contribution in [2.45, 2.75) is 39.7 Å². The van der Waals surface area contributed by atoms with Gasteiger partial charge in [-0.05, 0) is 30.5 Å². The van der Waals surface area contributed by atoms with Crippen LogP contribution >= 0.6 is 11.6 Å². The molecular weight excluding hydrogens is 274 g/mol. The highest BCUT2D eigenvalue weighted by Gasteiger charge is 2.23. The molecule has 0 aromatic heterocycles. The van der Waals surface area contributed by atoms with Crippen LogP contribution in [0.3, 0.4) is 0 Å². The van der Waals surface area contributed by atoms with E-state index in [0.29, 0.717) is 13.2 Å². The molecule has 0 aliphatic carbocycles. The monoisotopic (exact) mass is 297 g/mol. The molecular formula is C16H24ClNO2. The van der Waals surface area contributed by atoms with Crippen molar-refractivity contribution in [2.24, 2.45) is 5.41 Å². The van der Waals surface area contributed by atoms with Crippen LogP contribution in [0.15, 0.2) is 12.1 Å². The zero-order valence-corrected chi connectivity index (χ0v) is 13.5. The predicted octanol–water partition coefficient (Wildman–Crippen LogP) is 4.20. The molecule has 0 saturated heterocycles. The fourth-order valence-corrected chi connectivity index (χ4v) is 2.73. The lowest BCUT2D eigenvalue weighted by Crippen LogP contribution is -2.22. The van der Waals surface area contributed by atoms with Crippen molar-refractivity contribution in [3.8, 4) is 11.5 Å². The fraction of sp³-hybridized carbons (Fsp3) is 0.625. The predicted molar refractivity (Wildman–Crippen MR) is 82.9 cm³/mol. The molecule has 20 heavy (non-hydrogen) atoms. The molecule has 112 valence electrons. The molecule has 0 fully saturated rings. The van der Waals surface area contributed by atoms with E-state index in [-0.39, 0.29) is 11.5 Å². The Morgan fingerprint density at radius 1 is 1.20 bits per heavy atom. The van der Waals surface area contributed by atoms with Crippen molar-refractivity contribution in [3.63, 3.8) is 0 Å². The van der Waals surface area contributed by atoms with Gasteiger partial charge in [-0.25, -0.2) is 0 Å². The second-order valence-electron chi connectivity index (χ2n) is 6.48. The van der Waals surface area contributed by atoms with Gasteiger partial charge >= 0.3 is 0 Å². The van der Waals surface area contributed by atoms with Gasteiger partial charge in [-0.2, -0.15) is 0 Å². The molecule has 0 spiro atoms. The molecule has 0 bridgehead atoms.